The van der Waals surface area contributed by atoms with E-state index in [1.165, 1.54) is 12.1 Å². The molecular formula is C12H12Cl2FN3. The van der Waals surface area contributed by atoms with Gasteiger partial charge in [0.1, 0.15) is 11.6 Å². The number of imidazole rings is 1. The SMILES string of the molecule is Cc1nccn1CCNc1c(Cl)cc(F)cc1Cl. The van der Waals surface area contributed by atoms with Crippen molar-refractivity contribution in [3.8, 4) is 0 Å². The van der Waals surface area contributed by atoms with Gasteiger partial charge in [-0.25, -0.2) is 9.37 Å². The van der Waals surface area contributed by atoms with E-state index in [4.69, 9.17) is 23.2 Å². The minimum absolute atomic E-state index is 0.280. The fourth-order valence-electron chi connectivity index (χ4n) is 1.65. The van der Waals surface area contributed by atoms with Gasteiger partial charge >= 0.3 is 0 Å². The van der Waals surface area contributed by atoms with Crippen LogP contribution in [0, 0.1) is 12.7 Å². The van der Waals surface area contributed by atoms with Crippen LogP contribution in [0.2, 0.25) is 10.0 Å². The number of halogens is 3. The lowest BCUT2D eigenvalue weighted by Gasteiger charge is -2.11. The number of nitrogens with zero attached hydrogens (tertiary/aromatic N) is 2. The van der Waals surface area contributed by atoms with E-state index in [1.807, 2.05) is 17.7 Å². The van der Waals surface area contributed by atoms with Crippen LogP contribution in [0.25, 0.3) is 0 Å². The van der Waals surface area contributed by atoms with Crippen LogP contribution in [-0.4, -0.2) is 16.1 Å². The van der Waals surface area contributed by atoms with E-state index >= 15 is 0 Å². The smallest absolute Gasteiger partial charge is 0.126 e. The lowest BCUT2D eigenvalue weighted by molar-refractivity contribution is 0.628. The van der Waals surface area contributed by atoms with Crippen molar-refractivity contribution in [1.29, 1.82) is 0 Å². The molecule has 1 aromatic heterocycles. The van der Waals surface area contributed by atoms with Gasteiger partial charge in [-0.1, -0.05) is 23.2 Å². The van der Waals surface area contributed by atoms with Crippen molar-refractivity contribution in [2.75, 3.05) is 11.9 Å². The van der Waals surface area contributed by atoms with Crippen LogP contribution in [0.15, 0.2) is 24.5 Å². The summed E-state index contributed by atoms with van der Waals surface area (Å²) in [5, 5.41) is 3.65. The van der Waals surface area contributed by atoms with Gasteiger partial charge in [0.05, 0.1) is 15.7 Å². The molecule has 0 unspecified atom stereocenters. The van der Waals surface area contributed by atoms with Crippen LogP contribution in [0.1, 0.15) is 5.82 Å². The molecular weight excluding hydrogens is 276 g/mol. The molecule has 1 N–H and O–H groups in total. The Morgan fingerprint density at radius 2 is 2.00 bits per heavy atom. The van der Waals surface area contributed by atoms with Gasteiger partial charge < -0.3 is 9.88 Å². The van der Waals surface area contributed by atoms with Crippen molar-refractivity contribution in [2.24, 2.45) is 0 Å². The van der Waals surface area contributed by atoms with Crippen LogP contribution in [0.3, 0.4) is 0 Å². The predicted octanol–water partition coefficient (Wildman–Crippen LogP) is 3.75. The third-order valence-corrected chi connectivity index (χ3v) is 3.18. The maximum absolute atomic E-state index is 13.0. The number of rotatable bonds is 4. The summed E-state index contributed by atoms with van der Waals surface area (Å²) in [6, 6.07) is 2.47. The third kappa shape index (κ3) is 2.94. The molecule has 2 aromatic rings. The van der Waals surface area contributed by atoms with Gasteiger partial charge in [-0.3, -0.25) is 0 Å². The number of aryl methyl sites for hydroxylation is 1. The molecule has 0 radical (unpaired) electrons. The highest BCUT2D eigenvalue weighted by molar-refractivity contribution is 6.39. The minimum atomic E-state index is -0.444. The van der Waals surface area contributed by atoms with Crippen LogP contribution >= 0.6 is 23.2 Å². The Labute approximate surface area is 115 Å². The quantitative estimate of drug-likeness (QED) is 0.928. The van der Waals surface area contributed by atoms with Crippen molar-refractivity contribution in [3.05, 3.63) is 46.2 Å². The molecule has 0 spiro atoms. The first-order valence-corrected chi connectivity index (χ1v) is 6.19. The highest BCUT2D eigenvalue weighted by Gasteiger charge is 2.07. The topological polar surface area (TPSA) is 29.9 Å². The van der Waals surface area contributed by atoms with E-state index in [9.17, 15) is 4.39 Å². The van der Waals surface area contributed by atoms with Crippen LogP contribution in [0.4, 0.5) is 10.1 Å². The lowest BCUT2D eigenvalue weighted by atomic mass is 10.3. The van der Waals surface area contributed by atoms with Crippen LogP contribution in [-0.2, 0) is 6.54 Å². The molecule has 0 bridgehead atoms. The second kappa shape index (κ2) is 5.59. The average molecular weight is 288 g/mol. The molecule has 0 aliphatic carbocycles. The van der Waals surface area contributed by atoms with E-state index in [1.54, 1.807) is 6.20 Å². The summed E-state index contributed by atoms with van der Waals surface area (Å²) in [5.41, 5.74) is 0.553. The Morgan fingerprint density at radius 1 is 1.33 bits per heavy atom. The fraction of sp³-hybridized carbons (Fsp3) is 0.250. The van der Waals surface area contributed by atoms with Gasteiger partial charge in [0.25, 0.3) is 0 Å². The van der Waals surface area contributed by atoms with E-state index in [2.05, 4.69) is 10.3 Å². The maximum Gasteiger partial charge on any atom is 0.126 e. The molecule has 96 valence electrons. The highest BCUT2D eigenvalue weighted by Crippen LogP contribution is 2.31. The summed E-state index contributed by atoms with van der Waals surface area (Å²) < 4.78 is 15.0. The fourth-order valence-corrected chi connectivity index (χ4v) is 2.25. The summed E-state index contributed by atoms with van der Waals surface area (Å²) in [6.45, 7) is 3.29. The van der Waals surface area contributed by atoms with Crippen molar-refractivity contribution in [3.63, 3.8) is 0 Å². The summed E-state index contributed by atoms with van der Waals surface area (Å²) in [6.07, 6.45) is 3.64. The zero-order valence-electron chi connectivity index (χ0n) is 9.75. The molecule has 0 fully saturated rings. The second-order valence-corrected chi connectivity index (χ2v) is 4.65. The lowest BCUT2D eigenvalue weighted by Crippen LogP contribution is -2.11. The first kappa shape index (κ1) is 13.2. The normalized spacial score (nSPS) is 10.7. The molecule has 0 atom stereocenters. The van der Waals surface area contributed by atoms with E-state index in [0.29, 0.717) is 12.2 Å². The zero-order valence-corrected chi connectivity index (χ0v) is 11.3. The molecule has 1 heterocycles. The Morgan fingerprint density at radius 3 is 2.56 bits per heavy atom. The molecule has 0 saturated carbocycles. The summed E-state index contributed by atoms with van der Waals surface area (Å²) in [7, 11) is 0. The van der Waals surface area contributed by atoms with Crippen molar-refractivity contribution in [1.82, 2.24) is 9.55 Å². The van der Waals surface area contributed by atoms with Gasteiger partial charge in [-0.15, -0.1) is 0 Å². The standard InChI is InChI=1S/C12H12Cl2FN3/c1-8-16-2-4-18(8)5-3-17-12-10(13)6-9(15)7-11(12)14/h2,4,6-7,17H,3,5H2,1H3. The number of hydrogen-bond acceptors (Lipinski definition) is 2. The van der Waals surface area contributed by atoms with E-state index in [0.717, 1.165) is 12.4 Å². The van der Waals surface area contributed by atoms with Crippen LogP contribution < -0.4 is 5.32 Å². The predicted molar refractivity (Wildman–Crippen MR) is 71.9 cm³/mol. The largest absolute Gasteiger partial charge is 0.381 e. The van der Waals surface area contributed by atoms with Gasteiger partial charge in [0.2, 0.25) is 0 Å². The number of hydrogen-bond donors (Lipinski definition) is 1. The molecule has 0 amide bonds. The molecule has 0 saturated heterocycles. The number of anilines is 1. The van der Waals surface area contributed by atoms with Crippen molar-refractivity contribution < 1.29 is 4.39 Å². The Hall–Kier alpha value is -1.26. The van der Waals surface area contributed by atoms with E-state index < -0.39 is 5.82 Å². The number of benzene rings is 1. The molecule has 6 heteroatoms. The zero-order chi connectivity index (χ0) is 13.1. The maximum atomic E-state index is 13.0. The molecule has 2 rings (SSSR count). The summed E-state index contributed by atoms with van der Waals surface area (Å²) in [5.74, 6) is 0.495. The Balaban J connectivity index is 2.01. The molecule has 0 aliphatic heterocycles. The third-order valence-electron chi connectivity index (χ3n) is 2.59. The van der Waals surface area contributed by atoms with E-state index in [-0.39, 0.29) is 10.0 Å². The Bertz CT molecular complexity index is 531. The van der Waals surface area contributed by atoms with Gasteiger partial charge in [-0.2, -0.15) is 0 Å². The van der Waals surface area contributed by atoms with Crippen molar-refractivity contribution in [2.45, 2.75) is 13.5 Å². The number of nitrogens with one attached hydrogen (secondary N) is 1. The molecule has 0 aliphatic rings. The molecule has 1 aromatic carbocycles. The van der Waals surface area contributed by atoms with Crippen LogP contribution in [0.5, 0.6) is 0 Å². The summed E-state index contributed by atoms with van der Waals surface area (Å²) in [4.78, 5) is 4.12. The first-order valence-electron chi connectivity index (χ1n) is 5.44. The first-order chi connectivity index (χ1) is 8.58. The molecule has 18 heavy (non-hydrogen) atoms. The summed E-state index contributed by atoms with van der Waals surface area (Å²) >= 11 is 11.8. The Kier molecular flexibility index (Phi) is 4.09. The number of aromatic nitrogens is 2. The van der Waals surface area contributed by atoms with Gasteiger partial charge in [-0.05, 0) is 19.1 Å². The highest BCUT2D eigenvalue weighted by atomic mass is 35.5. The average Bonchev–Trinajstić information content (AvgIpc) is 2.68. The van der Waals surface area contributed by atoms with Gasteiger partial charge in [0.15, 0.2) is 0 Å². The van der Waals surface area contributed by atoms with Gasteiger partial charge in [0, 0.05) is 25.5 Å². The molecule has 3 nitrogen and oxygen atoms in total. The monoisotopic (exact) mass is 287 g/mol. The van der Waals surface area contributed by atoms with Crippen molar-refractivity contribution >= 4 is 28.9 Å². The minimum Gasteiger partial charge on any atom is -0.381 e. The second-order valence-electron chi connectivity index (χ2n) is 3.84.